The van der Waals surface area contributed by atoms with Crippen molar-refractivity contribution in [3.05, 3.63) is 58.4 Å². The minimum absolute atomic E-state index is 0.147. The van der Waals surface area contributed by atoms with E-state index in [1.165, 1.54) is 12.1 Å². The maximum Gasteiger partial charge on any atom is 0.339 e. The van der Waals surface area contributed by atoms with Crippen molar-refractivity contribution in [1.82, 2.24) is 4.98 Å². The van der Waals surface area contributed by atoms with Crippen LogP contribution in [-0.2, 0) is 4.74 Å². The molecule has 0 atom stereocenters. The van der Waals surface area contributed by atoms with E-state index < -0.39 is 10.9 Å². The molecule has 6 heteroatoms. The van der Waals surface area contributed by atoms with E-state index in [1.807, 2.05) is 0 Å². The SMILES string of the molecule is CCOC(=O)c1cc([N+](=O)[O-])ccc1-c1ccncc1. The third-order valence-electron chi connectivity index (χ3n) is 2.70. The standard InChI is InChI=1S/C14H12N2O4/c1-2-20-14(17)13-9-11(16(18)19)3-4-12(13)10-5-7-15-8-6-10/h3-9H,2H2,1H3. The number of pyridine rings is 1. The fourth-order valence-electron chi connectivity index (χ4n) is 1.81. The summed E-state index contributed by atoms with van der Waals surface area (Å²) in [6, 6.07) is 7.58. The van der Waals surface area contributed by atoms with Gasteiger partial charge in [-0.2, -0.15) is 0 Å². The van der Waals surface area contributed by atoms with Crippen LogP contribution in [0, 0.1) is 10.1 Å². The first-order chi connectivity index (χ1) is 9.63. The van der Waals surface area contributed by atoms with Gasteiger partial charge in [-0.05, 0) is 36.2 Å². The van der Waals surface area contributed by atoms with E-state index in [0.717, 1.165) is 5.56 Å². The largest absolute Gasteiger partial charge is 0.462 e. The van der Waals surface area contributed by atoms with Crippen LogP contribution >= 0.6 is 0 Å². The number of nitro groups is 1. The molecule has 0 fully saturated rings. The summed E-state index contributed by atoms with van der Waals surface area (Å²) in [6.45, 7) is 1.89. The number of ether oxygens (including phenoxy) is 1. The van der Waals surface area contributed by atoms with Gasteiger partial charge >= 0.3 is 5.97 Å². The van der Waals surface area contributed by atoms with Crippen LogP contribution in [0.4, 0.5) is 5.69 Å². The summed E-state index contributed by atoms with van der Waals surface area (Å²) in [6.07, 6.45) is 3.18. The minimum Gasteiger partial charge on any atom is -0.462 e. The third kappa shape index (κ3) is 2.80. The number of carbonyl (C=O) groups excluding carboxylic acids is 1. The lowest BCUT2D eigenvalue weighted by molar-refractivity contribution is -0.384. The van der Waals surface area contributed by atoms with Crippen molar-refractivity contribution in [2.45, 2.75) is 6.92 Å². The number of hydrogen-bond acceptors (Lipinski definition) is 5. The Morgan fingerprint density at radius 2 is 2.00 bits per heavy atom. The lowest BCUT2D eigenvalue weighted by Crippen LogP contribution is -2.07. The van der Waals surface area contributed by atoms with Gasteiger partial charge in [-0.25, -0.2) is 4.79 Å². The van der Waals surface area contributed by atoms with Crippen LogP contribution in [0.25, 0.3) is 11.1 Å². The van der Waals surface area contributed by atoms with Crippen LogP contribution in [0.2, 0.25) is 0 Å². The highest BCUT2D eigenvalue weighted by Crippen LogP contribution is 2.27. The van der Waals surface area contributed by atoms with Crippen molar-refractivity contribution in [2.75, 3.05) is 6.61 Å². The van der Waals surface area contributed by atoms with E-state index in [-0.39, 0.29) is 17.9 Å². The van der Waals surface area contributed by atoms with Gasteiger partial charge in [-0.3, -0.25) is 15.1 Å². The van der Waals surface area contributed by atoms with Crippen LogP contribution in [0.1, 0.15) is 17.3 Å². The van der Waals surface area contributed by atoms with Crippen LogP contribution in [0.3, 0.4) is 0 Å². The molecule has 0 saturated heterocycles. The Labute approximate surface area is 115 Å². The summed E-state index contributed by atoms with van der Waals surface area (Å²) in [4.78, 5) is 26.1. The molecule has 102 valence electrons. The number of non-ortho nitro benzene ring substituents is 1. The van der Waals surface area contributed by atoms with Gasteiger partial charge in [0.25, 0.3) is 5.69 Å². The summed E-state index contributed by atoms with van der Waals surface area (Å²) in [7, 11) is 0. The van der Waals surface area contributed by atoms with Gasteiger partial charge in [0.05, 0.1) is 17.1 Å². The molecule has 0 saturated carbocycles. The Bertz CT molecular complexity index is 641. The van der Waals surface area contributed by atoms with Crippen molar-refractivity contribution >= 4 is 11.7 Å². The predicted octanol–water partition coefficient (Wildman–Crippen LogP) is 2.83. The molecule has 0 bridgehead atoms. The van der Waals surface area contributed by atoms with Crippen molar-refractivity contribution in [1.29, 1.82) is 0 Å². The molecular weight excluding hydrogens is 260 g/mol. The molecule has 2 aromatic rings. The molecule has 0 spiro atoms. The Kier molecular flexibility index (Phi) is 4.05. The van der Waals surface area contributed by atoms with Gasteiger partial charge in [0.15, 0.2) is 0 Å². The topological polar surface area (TPSA) is 82.3 Å². The summed E-state index contributed by atoms with van der Waals surface area (Å²) in [5.74, 6) is -0.581. The van der Waals surface area contributed by atoms with Gasteiger partial charge < -0.3 is 4.74 Å². The highest BCUT2D eigenvalue weighted by molar-refractivity contribution is 5.98. The van der Waals surface area contributed by atoms with E-state index >= 15 is 0 Å². The molecule has 0 amide bonds. The summed E-state index contributed by atoms with van der Waals surface area (Å²) < 4.78 is 4.95. The number of carbonyl (C=O) groups is 1. The fraction of sp³-hybridized carbons (Fsp3) is 0.143. The average molecular weight is 272 g/mol. The zero-order chi connectivity index (χ0) is 14.5. The van der Waals surface area contributed by atoms with Gasteiger partial charge in [0.1, 0.15) is 0 Å². The highest BCUT2D eigenvalue weighted by atomic mass is 16.6. The Morgan fingerprint density at radius 3 is 2.60 bits per heavy atom. The number of aromatic nitrogens is 1. The van der Waals surface area contributed by atoms with Gasteiger partial charge in [0.2, 0.25) is 0 Å². The molecule has 0 radical (unpaired) electrons. The second-order valence-electron chi connectivity index (χ2n) is 3.94. The zero-order valence-corrected chi connectivity index (χ0v) is 10.8. The molecule has 1 aromatic heterocycles. The molecule has 0 aliphatic carbocycles. The predicted molar refractivity (Wildman–Crippen MR) is 72.3 cm³/mol. The average Bonchev–Trinajstić information content (AvgIpc) is 2.47. The number of hydrogen-bond donors (Lipinski definition) is 0. The highest BCUT2D eigenvalue weighted by Gasteiger charge is 2.18. The quantitative estimate of drug-likeness (QED) is 0.485. The van der Waals surface area contributed by atoms with Crippen molar-refractivity contribution < 1.29 is 14.5 Å². The normalized spacial score (nSPS) is 10.1. The van der Waals surface area contributed by atoms with E-state index in [0.29, 0.717) is 5.56 Å². The number of rotatable bonds is 4. The lowest BCUT2D eigenvalue weighted by Gasteiger charge is -2.08. The minimum atomic E-state index is -0.581. The molecule has 2 rings (SSSR count). The molecule has 20 heavy (non-hydrogen) atoms. The van der Waals surface area contributed by atoms with Crippen LogP contribution in [-0.4, -0.2) is 22.5 Å². The summed E-state index contributed by atoms with van der Waals surface area (Å²) in [5.41, 5.74) is 1.35. The zero-order valence-electron chi connectivity index (χ0n) is 10.8. The Morgan fingerprint density at radius 1 is 1.30 bits per heavy atom. The maximum absolute atomic E-state index is 12.0. The van der Waals surface area contributed by atoms with Crippen molar-refractivity contribution in [3.63, 3.8) is 0 Å². The van der Waals surface area contributed by atoms with E-state index in [4.69, 9.17) is 4.74 Å². The van der Waals surface area contributed by atoms with Crippen molar-refractivity contribution in [3.8, 4) is 11.1 Å². The first kappa shape index (κ1) is 13.7. The second kappa shape index (κ2) is 5.92. The Balaban J connectivity index is 2.56. The van der Waals surface area contributed by atoms with E-state index in [1.54, 1.807) is 37.5 Å². The molecule has 0 aliphatic rings. The number of nitro benzene ring substituents is 1. The smallest absolute Gasteiger partial charge is 0.339 e. The monoisotopic (exact) mass is 272 g/mol. The first-order valence-electron chi connectivity index (χ1n) is 5.99. The fourth-order valence-corrected chi connectivity index (χ4v) is 1.81. The van der Waals surface area contributed by atoms with Crippen LogP contribution < -0.4 is 0 Å². The van der Waals surface area contributed by atoms with Gasteiger partial charge in [0, 0.05) is 24.5 Å². The van der Waals surface area contributed by atoms with Gasteiger partial charge in [-0.15, -0.1) is 0 Å². The molecule has 6 nitrogen and oxygen atoms in total. The number of esters is 1. The summed E-state index contributed by atoms with van der Waals surface area (Å²) in [5, 5.41) is 10.8. The number of nitrogens with zero attached hydrogens (tertiary/aromatic N) is 2. The van der Waals surface area contributed by atoms with Gasteiger partial charge in [-0.1, -0.05) is 0 Å². The molecule has 0 N–H and O–H groups in total. The maximum atomic E-state index is 12.0. The molecular formula is C14H12N2O4. The van der Waals surface area contributed by atoms with E-state index in [2.05, 4.69) is 4.98 Å². The van der Waals surface area contributed by atoms with Crippen molar-refractivity contribution in [2.24, 2.45) is 0 Å². The third-order valence-corrected chi connectivity index (χ3v) is 2.70. The molecule has 0 aliphatic heterocycles. The summed E-state index contributed by atoms with van der Waals surface area (Å²) >= 11 is 0. The van der Waals surface area contributed by atoms with Crippen LogP contribution in [0.15, 0.2) is 42.7 Å². The lowest BCUT2D eigenvalue weighted by atomic mass is 10.00. The second-order valence-corrected chi connectivity index (χ2v) is 3.94. The Hall–Kier alpha value is -2.76. The van der Waals surface area contributed by atoms with Crippen LogP contribution in [0.5, 0.6) is 0 Å². The number of benzene rings is 1. The molecule has 1 aromatic carbocycles. The first-order valence-corrected chi connectivity index (χ1v) is 5.99. The van der Waals surface area contributed by atoms with E-state index in [9.17, 15) is 14.9 Å². The molecule has 1 heterocycles. The molecule has 0 unspecified atom stereocenters.